The number of benzene rings is 1. The van der Waals surface area contributed by atoms with E-state index < -0.39 is 12.0 Å². The maximum absolute atomic E-state index is 11.8. The van der Waals surface area contributed by atoms with Crippen molar-refractivity contribution in [1.29, 1.82) is 0 Å². The van der Waals surface area contributed by atoms with Gasteiger partial charge in [-0.05, 0) is 18.4 Å². The Bertz CT molecular complexity index is 455. The van der Waals surface area contributed by atoms with Crippen LogP contribution in [0.25, 0.3) is 0 Å². The van der Waals surface area contributed by atoms with E-state index in [1.54, 1.807) is 0 Å². The van der Waals surface area contributed by atoms with E-state index in [-0.39, 0.29) is 18.5 Å². The number of carboxylic acid groups (broad SMARTS) is 1. The Hall–Kier alpha value is -2.04. The Balaban J connectivity index is 1.88. The van der Waals surface area contributed by atoms with Crippen molar-refractivity contribution in [2.75, 3.05) is 0 Å². The molecule has 1 atom stereocenters. The second-order valence-electron chi connectivity index (χ2n) is 5.18. The fourth-order valence-corrected chi connectivity index (χ4v) is 2.51. The van der Waals surface area contributed by atoms with Gasteiger partial charge >= 0.3 is 12.0 Å². The van der Waals surface area contributed by atoms with Crippen LogP contribution in [0.15, 0.2) is 30.3 Å². The Kier molecular flexibility index (Phi) is 4.98. The summed E-state index contributed by atoms with van der Waals surface area (Å²) < 4.78 is 0. The summed E-state index contributed by atoms with van der Waals surface area (Å²) >= 11 is 0. The smallest absolute Gasteiger partial charge is 0.326 e. The summed E-state index contributed by atoms with van der Waals surface area (Å²) in [6.07, 6.45) is 4.48. The Morgan fingerprint density at radius 1 is 1.20 bits per heavy atom. The molecule has 1 aliphatic carbocycles. The highest BCUT2D eigenvalue weighted by molar-refractivity contribution is 5.82. The first kappa shape index (κ1) is 14.4. The summed E-state index contributed by atoms with van der Waals surface area (Å²) in [6.45, 7) is 0. The highest BCUT2D eigenvalue weighted by Crippen LogP contribution is 2.17. The average molecular weight is 276 g/mol. The van der Waals surface area contributed by atoms with E-state index >= 15 is 0 Å². The number of carboxylic acids is 1. The molecule has 5 heteroatoms. The Labute approximate surface area is 118 Å². The van der Waals surface area contributed by atoms with Gasteiger partial charge in [-0.3, -0.25) is 0 Å². The van der Waals surface area contributed by atoms with Crippen LogP contribution in [0, 0.1) is 0 Å². The minimum Gasteiger partial charge on any atom is -0.480 e. The van der Waals surface area contributed by atoms with Crippen LogP contribution in [-0.2, 0) is 11.2 Å². The highest BCUT2D eigenvalue weighted by atomic mass is 16.4. The van der Waals surface area contributed by atoms with E-state index in [4.69, 9.17) is 0 Å². The fraction of sp³-hybridized carbons (Fsp3) is 0.467. The summed E-state index contributed by atoms with van der Waals surface area (Å²) in [4.78, 5) is 23.1. The van der Waals surface area contributed by atoms with Gasteiger partial charge in [0.25, 0.3) is 0 Å². The average Bonchev–Trinajstić information content (AvgIpc) is 2.92. The molecule has 1 unspecified atom stereocenters. The van der Waals surface area contributed by atoms with Crippen LogP contribution in [0.1, 0.15) is 31.2 Å². The second kappa shape index (κ2) is 6.93. The summed E-state index contributed by atoms with van der Waals surface area (Å²) in [5.74, 6) is -1.02. The number of nitrogens with one attached hydrogen (secondary N) is 2. The number of hydrogen-bond acceptors (Lipinski definition) is 2. The van der Waals surface area contributed by atoms with Gasteiger partial charge in [-0.25, -0.2) is 9.59 Å². The number of aliphatic carboxylic acids is 1. The molecule has 0 bridgehead atoms. The predicted octanol–water partition coefficient (Wildman–Crippen LogP) is 1.92. The Morgan fingerprint density at radius 3 is 2.45 bits per heavy atom. The van der Waals surface area contributed by atoms with Gasteiger partial charge in [-0.1, -0.05) is 43.2 Å². The first-order chi connectivity index (χ1) is 9.65. The molecule has 1 aliphatic rings. The minimum atomic E-state index is -1.02. The van der Waals surface area contributed by atoms with Crippen molar-refractivity contribution in [3.8, 4) is 0 Å². The van der Waals surface area contributed by atoms with Crippen LogP contribution < -0.4 is 10.6 Å². The summed E-state index contributed by atoms with van der Waals surface area (Å²) in [5.41, 5.74) is 0.890. The molecule has 0 spiro atoms. The molecule has 2 rings (SSSR count). The third-order valence-corrected chi connectivity index (χ3v) is 3.58. The molecule has 0 aromatic heterocycles. The molecule has 2 amide bonds. The van der Waals surface area contributed by atoms with E-state index in [1.165, 1.54) is 0 Å². The fourth-order valence-electron chi connectivity index (χ4n) is 2.51. The van der Waals surface area contributed by atoms with Gasteiger partial charge in [-0.2, -0.15) is 0 Å². The van der Waals surface area contributed by atoms with Crippen molar-refractivity contribution in [1.82, 2.24) is 10.6 Å². The molecule has 1 saturated carbocycles. The lowest BCUT2D eigenvalue weighted by atomic mass is 10.1. The number of urea groups is 1. The summed E-state index contributed by atoms with van der Waals surface area (Å²) in [5, 5.41) is 14.6. The van der Waals surface area contributed by atoms with E-state index in [0.29, 0.717) is 0 Å². The summed E-state index contributed by atoms with van der Waals surface area (Å²) in [6, 6.07) is 8.18. The van der Waals surface area contributed by atoms with Gasteiger partial charge in [0.1, 0.15) is 6.04 Å². The molecule has 108 valence electrons. The number of rotatable bonds is 5. The van der Waals surface area contributed by atoms with Crippen LogP contribution in [0.4, 0.5) is 4.79 Å². The van der Waals surface area contributed by atoms with Crippen molar-refractivity contribution in [2.24, 2.45) is 0 Å². The molecule has 1 aromatic rings. The Morgan fingerprint density at radius 2 is 1.85 bits per heavy atom. The molecular formula is C15H20N2O3. The normalized spacial score (nSPS) is 16.6. The number of hydrogen-bond donors (Lipinski definition) is 3. The zero-order valence-electron chi connectivity index (χ0n) is 11.3. The standard InChI is InChI=1S/C15H20N2O3/c18-14(19)13(10-11-6-2-1-3-7-11)17-15(20)16-12-8-4-5-9-12/h1-3,6-7,12-13H,4-5,8-10H2,(H,18,19)(H2,16,17,20). The van der Waals surface area contributed by atoms with Gasteiger partial charge in [-0.15, -0.1) is 0 Å². The first-order valence-electron chi connectivity index (χ1n) is 6.99. The van der Waals surface area contributed by atoms with Gasteiger partial charge in [0, 0.05) is 12.5 Å². The number of amides is 2. The van der Waals surface area contributed by atoms with Crippen LogP contribution in [-0.4, -0.2) is 29.2 Å². The first-order valence-corrected chi connectivity index (χ1v) is 6.99. The van der Waals surface area contributed by atoms with E-state index in [1.807, 2.05) is 30.3 Å². The van der Waals surface area contributed by atoms with Crippen molar-refractivity contribution in [3.05, 3.63) is 35.9 Å². The largest absolute Gasteiger partial charge is 0.480 e. The molecule has 0 heterocycles. The van der Waals surface area contributed by atoms with Gasteiger partial charge in [0.05, 0.1) is 0 Å². The molecule has 20 heavy (non-hydrogen) atoms. The lowest BCUT2D eigenvalue weighted by Gasteiger charge is -2.18. The van der Waals surface area contributed by atoms with Gasteiger partial charge < -0.3 is 15.7 Å². The van der Waals surface area contributed by atoms with E-state index in [0.717, 1.165) is 31.2 Å². The molecule has 1 aromatic carbocycles. The molecule has 0 radical (unpaired) electrons. The van der Waals surface area contributed by atoms with Crippen molar-refractivity contribution < 1.29 is 14.7 Å². The lowest BCUT2D eigenvalue weighted by molar-refractivity contribution is -0.139. The van der Waals surface area contributed by atoms with Gasteiger partial charge in [0.15, 0.2) is 0 Å². The highest BCUT2D eigenvalue weighted by Gasteiger charge is 2.23. The summed E-state index contributed by atoms with van der Waals surface area (Å²) in [7, 11) is 0. The monoisotopic (exact) mass is 276 g/mol. The zero-order valence-corrected chi connectivity index (χ0v) is 11.3. The van der Waals surface area contributed by atoms with Gasteiger partial charge in [0.2, 0.25) is 0 Å². The molecule has 0 saturated heterocycles. The second-order valence-corrected chi connectivity index (χ2v) is 5.18. The van der Waals surface area contributed by atoms with Crippen molar-refractivity contribution in [2.45, 2.75) is 44.2 Å². The molecule has 0 aliphatic heterocycles. The maximum atomic E-state index is 11.8. The van der Waals surface area contributed by atoms with E-state index in [9.17, 15) is 14.7 Å². The molecule has 1 fully saturated rings. The molecule has 3 N–H and O–H groups in total. The van der Waals surface area contributed by atoms with Crippen molar-refractivity contribution >= 4 is 12.0 Å². The quantitative estimate of drug-likeness (QED) is 0.769. The SMILES string of the molecule is O=C(NC1CCCC1)NC(Cc1ccccc1)C(=O)O. The third-order valence-electron chi connectivity index (χ3n) is 3.58. The van der Waals surface area contributed by atoms with Crippen LogP contribution in [0.5, 0.6) is 0 Å². The molecular weight excluding hydrogens is 256 g/mol. The number of carbonyl (C=O) groups excluding carboxylic acids is 1. The molecule has 5 nitrogen and oxygen atoms in total. The minimum absolute atomic E-state index is 0.182. The number of carbonyl (C=O) groups is 2. The predicted molar refractivity (Wildman–Crippen MR) is 75.5 cm³/mol. The maximum Gasteiger partial charge on any atom is 0.326 e. The van der Waals surface area contributed by atoms with Crippen LogP contribution in [0.2, 0.25) is 0 Å². The van der Waals surface area contributed by atoms with Crippen LogP contribution >= 0.6 is 0 Å². The zero-order chi connectivity index (χ0) is 14.4. The van der Waals surface area contributed by atoms with E-state index in [2.05, 4.69) is 10.6 Å². The topological polar surface area (TPSA) is 78.4 Å². The third kappa shape index (κ3) is 4.26. The lowest BCUT2D eigenvalue weighted by Crippen LogP contribution is -2.49. The van der Waals surface area contributed by atoms with Crippen molar-refractivity contribution in [3.63, 3.8) is 0 Å². The van der Waals surface area contributed by atoms with Crippen LogP contribution in [0.3, 0.4) is 0 Å².